The first kappa shape index (κ1) is 19.6. The molecule has 0 bridgehead atoms. The Morgan fingerprint density at radius 2 is 1.77 bits per heavy atom. The van der Waals surface area contributed by atoms with Gasteiger partial charge in [-0.2, -0.15) is 5.10 Å². The lowest BCUT2D eigenvalue weighted by atomic mass is 10.0. The summed E-state index contributed by atoms with van der Waals surface area (Å²) in [6.07, 6.45) is 2.04. The number of nitrogens with zero attached hydrogens (tertiary/aromatic N) is 4. The second-order valence-electron chi connectivity index (χ2n) is 7.22. The summed E-state index contributed by atoms with van der Waals surface area (Å²) >= 11 is 0. The van der Waals surface area contributed by atoms with Crippen molar-refractivity contribution in [2.24, 2.45) is 0 Å². The van der Waals surface area contributed by atoms with E-state index in [-0.39, 0.29) is 24.1 Å². The average Bonchev–Trinajstić information content (AvgIpc) is 3.31. The molecule has 7 nitrogen and oxygen atoms in total. The van der Waals surface area contributed by atoms with Crippen LogP contribution in [0.2, 0.25) is 0 Å². The van der Waals surface area contributed by atoms with Crippen LogP contribution in [-0.2, 0) is 17.8 Å². The molecule has 1 unspecified atom stereocenters. The Balaban J connectivity index is 1.67. The minimum Gasteiger partial charge on any atom is -0.364 e. The lowest BCUT2D eigenvalue weighted by Crippen LogP contribution is -2.37. The Hall–Kier alpha value is -3.74. The fraction of sp³-hybridized carbons (Fsp3) is 0.217. The van der Waals surface area contributed by atoms with Gasteiger partial charge in [-0.15, -0.1) is 0 Å². The molecular formula is C23H22N4O3. The minimum absolute atomic E-state index is 0.149. The molecule has 0 aliphatic rings. The van der Waals surface area contributed by atoms with Crippen molar-refractivity contribution in [3.63, 3.8) is 0 Å². The third-order valence-corrected chi connectivity index (χ3v) is 5.30. The SMILES string of the molecule is CC(c1ccon1)N(C)C(=O)Cn1nc(Cc2ccccc2)c2ccccc2c1=O. The molecule has 2 heterocycles. The second kappa shape index (κ2) is 8.32. The lowest BCUT2D eigenvalue weighted by Gasteiger charge is -2.23. The van der Waals surface area contributed by atoms with E-state index in [1.807, 2.05) is 55.5 Å². The highest BCUT2D eigenvalue weighted by atomic mass is 16.5. The van der Waals surface area contributed by atoms with Gasteiger partial charge in [-0.05, 0) is 18.6 Å². The van der Waals surface area contributed by atoms with Crippen LogP contribution in [-0.4, -0.2) is 32.8 Å². The van der Waals surface area contributed by atoms with Gasteiger partial charge < -0.3 is 9.42 Å². The number of amides is 1. The summed E-state index contributed by atoms with van der Waals surface area (Å²) in [5.74, 6) is -0.235. The number of carbonyl (C=O) groups is 1. The maximum Gasteiger partial charge on any atom is 0.275 e. The number of hydrogen-bond donors (Lipinski definition) is 0. The maximum absolute atomic E-state index is 13.0. The van der Waals surface area contributed by atoms with Crippen molar-refractivity contribution in [2.45, 2.75) is 25.9 Å². The predicted molar refractivity (Wildman–Crippen MR) is 113 cm³/mol. The van der Waals surface area contributed by atoms with Crippen molar-refractivity contribution in [2.75, 3.05) is 7.05 Å². The summed E-state index contributed by atoms with van der Waals surface area (Å²) in [5, 5.41) is 9.81. The van der Waals surface area contributed by atoms with Crippen molar-refractivity contribution in [1.29, 1.82) is 0 Å². The van der Waals surface area contributed by atoms with E-state index in [0.717, 1.165) is 16.6 Å². The number of aromatic nitrogens is 3. The highest BCUT2D eigenvalue weighted by molar-refractivity contribution is 5.84. The average molecular weight is 402 g/mol. The first-order chi connectivity index (χ1) is 14.5. The zero-order valence-electron chi connectivity index (χ0n) is 16.9. The van der Waals surface area contributed by atoms with Gasteiger partial charge in [0.15, 0.2) is 0 Å². The van der Waals surface area contributed by atoms with Gasteiger partial charge in [0.25, 0.3) is 5.56 Å². The number of benzene rings is 2. The standard InChI is InChI=1S/C23H22N4O3/c1-16(20-12-13-30-25-20)26(2)22(28)15-27-23(29)19-11-7-6-10-18(19)21(24-27)14-17-8-4-3-5-9-17/h3-13,16H,14-15H2,1-2H3. The van der Waals surface area contributed by atoms with Gasteiger partial charge in [0, 0.05) is 24.9 Å². The van der Waals surface area contributed by atoms with Gasteiger partial charge in [0.2, 0.25) is 5.91 Å². The van der Waals surface area contributed by atoms with E-state index in [4.69, 9.17) is 4.52 Å². The Labute approximate surface area is 173 Å². The molecule has 0 aliphatic heterocycles. The molecule has 0 fully saturated rings. The molecule has 1 atom stereocenters. The van der Waals surface area contributed by atoms with E-state index in [1.165, 1.54) is 15.8 Å². The van der Waals surface area contributed by atoms with Gasteiger partial charge in [-0.3, -0.25) is 9.59 Å². The maximum atomic E-state index is 13.0. The van der Waals surface area contributed by atoms with Crippen LogP contribution in [0, 0.1) is 0 Å². The molecule has 4 rings (SSSR count). The second-order valence-corrected chi connectivity index (χ2v) is 7.22. The summed E-state index contributed by atoms with van der Waals surface area (Å²) in [4.78, 5) is 27.4. The summed E-state index contributed by atoms with van der Waals surface area (Å²) in [6, 6.07) is 18.7. The fourth-order valence-electron chi connectivity index (χ4n) is 3.42. The van der Waals surface area contributed by atoms with Gasteiger partial charge in [-0.1, -0.05) is 53.7 Å². The zero-order valence-corrected chi connectivity index (χ0v) is 16.9. The van der Waals surface area contributed by atoms with Crippen LogP contribution < -0.4 is 5.56 Å². The summed E-state index contributed by atoms with van der Waals surface area (Å²) in [6.45, 7) is 1.71. The minimum atomic E-state index is -0.281. The third kappa shape index (κ3) is 3.87. The Morgan fingerprint density at radius 3 is 2.47 bits per heavy atom. The molecule has 30 heavy (non-hydrogen) atoms. The van der Waals surface area contributed by atoms with Crippen LogP contribution in [0.1, 0.15) is 29.9 Å². The van der Waals surface area contributed by atoms with Crippen LogP contribution in [0.3, 0.4) is 0 Å². The molecule has 0 saturated carbocycles. The molecule has 0 saturated heterocycles. The summed E-state index contributed by atoms with van der Waals surface area (Å²) in [5.41, 5.74) is 2.22. The molecule has 0 spiro atoms. The first-order valence-corrected chi connectivity index (χ1v) is 9.73. The van der Waals surface area contributed by atoms with Crippen LogP contribution in [0.25, 0.3) is 10.8 Å². The van der Waals surface area contributed by atoms with Gasteiger partial charge >= 0.3 is 0 Å². The molecular weight excluding hydrogens is 380 g/mol. The first-order valence-electron chi connectivity index (χ1n) is 9.73. The lowest BCUT2D eigenvalue weighted by molar-refractivity contribution is -0.132. The van der Waals surface area contributed by atoms with E-state index in [1.54, 1.807) is 19.2 Å². The number of carbonyl (C=O) groups excluding carboxylic acids is 1. The van der Waals surface area contributed by atoms with Crippen molar-refractivity contribution in [1.82, 2.24) is 19.8 Å². The molecule has 7 heteroatoms. The van der Waals surface area contributed by atoms with E-state index < -0.39 is 0 Å². The Bertz CT molecular complexity index is 1220. The molecule has 0 radical (unpaired) electrons. The topological polar surface area (TPSA) is 81.2 Å². The monoisotopic (exact) mass is 402 g/mol. The van der Waals surface area contributed by atoms with Crippen molar-refractivity contribution in [3.05, 3.63) is 94.2 Å². The number of hydrogen-bond acceptors (Lipinski definition) is 5. The van der Waals surface area contributed by atoms with Gasteiger partial charge in [0.05, 0.1) is 17.1 Å². The Morgan fingerprint density at radius 1 is 1.07 bits per heavy atom. The largest absolute Gasteiger partial charge is 0.364 e. The zero-order chi connectivity index (χ0) is 21.1. The normalized spacial score (nSPS) is 12.1. The van der Waals surface area contributed by atoms with Crippen LogP contribution in [0.4, 0.5) is 0 Å². The molecule has 0 N–H and O–H groups in total. The van der Waals surface area contributed by atoms with E-state index >= 15 is 0 Å². The van der Waals surface area contributed by atoms with Crippen molar-refractivity contribution < 1.29 is 9.32 Å². The number of likely N-dealkylation sites (N-methyl/N-ethyl adjacent to an activating group) is 1. The van der Waals surface area contributed by atoms with Crippen molar-refractivity contribution in [3.8, 4) is 0 Å². The number of fused-ring (bicyclic) bond motifs is 1. The van der Waals surface area contributed by atoms with E-state index in [2.05, 4.69) is 10.3 Å². The highest BCUT2D eigenvalue weighted by Gasteiger charge is 2.21. The smallest absolute Gasteiger partial charge is 0.275 e. The number of rotatable bonds is 6. The molecule has 0 aliphatic carbocycles. The molecule has 2 aromatic heterocycles. The fourth-order valence-corrected chi connectivity index (χ4v) is 3.42. The molecule has 4 aromatic rings. The van der Waals surface area contributed by atoms with Crippen LogP contribution >= 0.6 is 0 Å². The van der Waals surface area contributed by atoms with Gasteiger partial charge in [-0.25, -0.2) is 4.68 Å². The third-order valence-electron chi connectivity index (χ3n) is 5.30. The van der Waals surface area contributed by atoms with Crippen molar-refractivity contribution >= 4 is 16.7 Å². The molecule has 1 amide bonds. The van der Waals surface area contributed by atoms with Crippen LogP contribution in [0.5, 0.6) is 0 Å². The Kier molecular flexibility index (Phi) is 5.43. The molecule has 152 valence electrons. The van der Waals surface area contributed by atoms with Gasteiger partial charge in [0.1, 0.15) is 18.5 Å². The van der Waals surface area contributed by atoms with E-state index in [0.29, 0.717) is 17.5 Å². The molecule has 2 aromatic carbocycles. The predicted octanol–water partition coefficient (Wildman–Crippen LogP) is 3.19. The summed E-state index contributed by atoms with van der Waals surface area (Å²) in [7, 11) is 1.68. The summed E-state index contributed by atoms with van der Waals surface area (Å²) < 4.78 is 6.13. The quantitative estimate of drug-likeness (QED) is 0.495. The van der Waals surface area contributed by atoms with Crippen LogP contribution in [0.15, 0.2) is 76.2 Å². The van der Waals surface area contributed by atoms with E-state index in [9.17, 15) is 9.59 Å². The highest BCUT2D eigenvalue weighted by Crippen LogP contribution is 2.19.